The van der Waals surface area contributed by atoms with E-state index in [1.54, 1.807) is 12.3 Å². The molecule has 2 saturated heterocycles. The number of aryl methyl sites for hydroxylation is 1. The number of amides is 2. The molecule has 2 aromatic rings. The second-order valence-electron chi connectivity index (χ2n) is 8.79. The van der Waals surface area contributed by atoms with Gasteiger partial charge in [-0.05, 0) is 36.1 Å². The summed E-state index contributed by atoms with van der Waals surface area (Å²) in [6.07, 6.45) is 2.23. The van der Waals surface area contributed by atoms with Crippen molar-refractivity contribution in [3.63, 3.8) is 0 Å². The second kappa shape index (κ2) is 7.97. The van der Waals surface area contributed by atoms with Gasteiger partial charge in [-0.3, -0.25) is 14.6 Å². The summed E-state index contributed by atoms with van der Waals surface area (Å²) < 4.78 is 0. The van der Waals surface area contributed by atoms with Crippen LogP contribution >= 0.6 is 0 Å². The van der Waals surface area contributed by atoms with Gasteiger partial charge in [0.15, 0.2) is 0 Å². The van der Waals surface area contributed by atoms with Crippen LogP contribution < -0.4 is 0 Å². The second-order valence-corrected chi connectivity index (χ2v) is 8.79. The lowest BCUT2D eigenvalue weighted by atomic mass is 9.87. The first kappa shape index (κ1) is 19.6. The third-order valence-electron chi connectivity index (χ3n) is 6.25. The van der Waals surface area contributed by atoms with E-state index in [-0.39, 0.29) is 23.8 Å². The van der Waals surface area contributed by atoms with Gasteiger partial charge in [-0.2, -0.15) is 0 Å². The van der Waals surface area contributed by atoms with E-state index < -0.39 is 0 Å². The van der Waals surface area contributed by atoms with E-state index >= 15 is 0 Å². The Balaban J connectivity index is 1.61. The molecular formula is C24H29N3O2. The maximum atomic E-state index is 13.1. The molecule has 0 saturated carbocycles. The number of carbonyl (C=O) groups is 2. The first-order valence-corrected chi connectivity index (χ1v) is 10.5. The molecule has 0 N–H and O–H groups in total. The minimum absolute atomic E-state index is 0.0106. The lowest BCUT2D eigenvalue weighted by molar-refractivity contribution is -0.133. The summed E-state index contributed by atoms with van der Waals surface area (Å²) in [5, 5.41) is 0. The number of benzene rings is 1. The predicted molar refractivity (Wildman–Crippen MR) is 112 cm³/mol. The Labute approximate surface area is 172 Å². The van der Waals surface area contributed by atoms with E-state index in [1.807, 2.05) is 29.2 Å². The van der Waals surface area contributed by atoms with Crippen molar-refractivity contribution in [2.75, 3.05) is 19.6 Å². The zero-order valence-electron chi connectivity index (χ0n) is 17.4. The number of fused-ring (bicyclic) bond motifs is 1. The summed E-state index contributed by atoms with van der Waals surface area (Å²) in [6, 6.07) is 13.8. The molecule has 1 aromatic heterocycles. The summed E-state index contributed by atoms with van der Waals surface area (Å²) in [5.74, 6) is 1.12. The molecule has 4 rings (SSSR count). The van der Waals surface area contributed by atoms with Crippen LogP contribution in [0.4, 0.5) is 0 Å². The van der Waals surface area contributed by atoms with E-state index in [9.17, 15) is 9.59 Å². The first-order chi connectivity index (χ1) is 14.0. The average Bonchev–Trinajstić information content (AvgIpc) is 3.26. The van der Waals surface area contributed by atoms with Crippen LogP contribution in [0, 0.1) is 24.7 Å². The Bertz CT molecular complexity index is 896. The predicted octanol–water partition coefficient (Wildman–Crippen LogP) is 3.71. The third kappa shape index (κ3) is 3.78. The molecule has 29 heavy (non-hydrogen) atoms. The van der Waals surface area contributed by atoms with Crippen molar-refractivity contribution in [3.05, 3.63) is 65.5 Å². The van der Waals surface area contributed by atoms with Crippen LogP contribution in [0.1, 0.15) is 47.9 Å². The fourth-order valence-corrected chi connectivity index (χ4v) is 4.90. The third-order valence-corrected chi connectivity index (χ3v) is 6.25. The molecule has 1 aromatic carbocycles. The van der Waals surface area contributed by atoms with Crippen LogP contribution in [-0.4, -0.2) is 46.2 Å². The number of aromatic nitrogens is 1. The Morgan fingerprint density at radius 2 is 1.83 bits per heavy atom. The highest BCUT2D eigenvalue weighted by molar-refractivity contribution is 5.92. The SMILES string of the molecule is Cc1ccccc1[C@@H]1[C@H]2CN(C(=O)c3ccccn3)C[C@H]2CN1C(=O)CC(C)C. The average molecular weight is 392 g/mol. The van der Waals surface area contributed by atoms with Gasteiger partial charge in [-0.25, -0.2) is 0 Å². The zero-order valence-corrected chi connectivity index (χ0v) is 17.4. The smallest absolute Gasteiger partial charge is 0.272 e. The van der Waals surface area contributed by atoms with Crippen LogP contribution in [0.25, 0.3) is 0 Å². The Morgan fingerprint density at radius 3 is 2.52 bits per heavy atom. The molecule has 2 aliphatic rings. The maximum Gasteiger partial charge on any atom is 0.272 e. The van der Waals surface area contributed by atoms with Gasteiger partial charge in [0.2, 0.25) is 5.91 Å². The Hall–Kier alpha value is -2.69. The van der Waals surface area contributed by atoms with Gasteiger partial charge in [0.25, 0.3) is 5.91 Å². The normalized spacial score (nSPS) is 23.5. The summed E-state index contributed by atoms with van der Waals surface area (Å²) in [6.45, 7) is 8.37. The highest BCUT2D eigenvalue weighted by Crippen LogP contribution is 2.46. The van der Waals surface area contributed by atoms with Gasteiger partial charge < -0.3 is 9.80 Å². The number of rotatable bonds is 4. The van der Waals surface area contributed by atoms with Gasteiger partial charge >= 0.3 is 0 Å². The topological polar surface area (TPSA) is 53.5 Å². The van der Waals surface area contributed by atoms with Crippen molar-refractivity contribution in [2.24, 2.45) is 17.8 Å². The molecule has 5 heteroatoms. The van der Waals surface area contributed by atoms with Gasteiger partial charge in [0.1, 0.15) is 5.69 Å². The fraction of sp³-hybridized carbons (Fsp3) is 0.458. The number of pyridine rings is 1. The molecule has 5 nitrogen and oxygen atoms in total. The van der Waals surface area contributed by atoms with Gasteiger partial charge in [-0.15, -0.1) is 0 Å². The molecule has 0 unspecified atom stereocenters. The Kier molecular flexibility index (Phi) is 5.39. The highest BCUT2D eigenvalue weighted by atomic mass is 16.2. The minimum atomic E-state index is -0.0106. The number of nitrogens with zero attached hydrogens (tertiary/aromatic N) is 3. The van der Waals surface area contributed by atoms with E-state index in [4.69, 9.17) is 0 Å². The number of hydrogen-bond donors (Lipinski definition) is 0. The fourth-order valence-electron chi connectivity index (χ4n) is 4.90. The molecule has 3 atom stereocenters. The molecular weight excluding hydrogens is 362 g/mol. The van der Waals surface area contributed by atoms with Crippen molar-refractivity contribution in [2.45, 2.75) is 33.2 Å². The van der Waals surface area contributed by atoms with Gasteiger partial charge in [-0.1, -0.05) is 44.2 Å². The molecule has 0 spiro atoms. The number of carbonyl (C=O) groups excluding carboxylic acids is 2. The first-order valence-electron chi connectivity index (χ1n) is 10.5. The van der Waals surface area contributed by atoms with Crippen molar-refractivity contribution in [1.29, 1.82) is 0 Å². The van der Waals surface area contributed by atoms with E-state index in [1.165, 1.54) is 11.1 Å². The quantitative estimate of drug-likeness (QED) is 0.798. The monoisotopic (exact) mass is 391 g/mol. The van der Waals surface area contributed by atoms with Crippen molar-refractivity contribution < 1.29 is 9.59 Å². The van der Waals surface area contributed by atoms with Crippen LogP contribution in [0.2, 0.25) is 0 Å². The molecule has 3 heterocycles. The lowest BCUT2D eigenvalue weighted by Crippen LogP contribution is -2.38. The van der Waals surface area contributed by atoms with Crippen LogP contribution in [0.5, 0.6) is 0 Å². The standard InChI is InChI=1S/C24H29N3O2/c1-16(2)12-22(28)27-14-18-13-26(24(29)21-10-6-7-11-25-21)15-20(18)23(27)19-9-5-4-8-17(19)3/h4-11,16,18,20,23H,12-15H2,1-3H3/t18-,20-,23+/m0/s1. The number of hydrogen-bond acceptors (Lipinski definition) is 3. The maximum absolute atomic E-state index is 13.1. The van der Waals surface area contributed by atoms with E-state index in [2.05, 4.69) is 42.8 Å². The summed E-state index contributed by atoms with van der Waals surface area (Å²) >= 11 is 0. The molecule has 2 fully saturated rings. The van der Waals surface area contributed by atoms with Gasteiger partial charge in [0.05, 0.1) is 6.04 Å². The molecule has 0 radical (unpaired) electrons. The van der Waals surface area contributed by atoms with Gasteiger partial charge in [0, 0.05) is 44.1 Å². The van der Waals surface area contributed by atoms with Crippen LogP contribution in [0.3, 0.4) is 0 Å². The minimum Gasteiger partial charge on any atom is -0.337 e. The highest BCUT2D eigenvalue weighted by Gasteiger charge is 2.50. The summed E-state index contributed by atoms with van der Waals surface area (Å²) in [5.41, 5.74) is 2.91. The van der Waals surface area contributed by atoms with Crippen molar-refractivity contribution in [1.82, 2.24) is 14.8 Å². The molecule has 2 amide bonds. The zero-order chi connectivity index (χ0) is 20.5. The lowest BCUT2D eigenvalue weighted by Gasteiger charge is -2.31. The summed E-state index contributed by atoms with van der Waals surface area (Å²) in [7, 11) is 0. The summed E-state index contributed by atoms with van der Waals surface area (Å²) in [4.78, 5) is 34.2. The Morgan fingerprint density at radius 1 is 1.07 bits per heavy atom. The molecule has 0 aliphatic carbocycles. The molecule has 152 valence electrons. The van der Waals surface area contributed by atoms with Crippen LogP contribution in [-0.2, 0) is 4.79 Å². The largest absolute Gasteiger partial charge is 0.337 e. The molecule has 0 bridgehead atoms. The van der Waals surface area contributed by atoms with E-state index in [0.29, 0.717) is 37.0 Å². The van der Waals surface area contributed by atoms with E-state index in [0.717, 1.165) is 6.54 Å². The van der Waals surface area contributed by atoms with Crippen molar-refractivity contribution in [3.8, 4) is 0 Å². The molecule has 2 aliphatic heterocycles. The van der Waals surface area contributed by atoms with Crippen molar-refractivity contribution >= 4 is 11.8 Å². The number of likely N-dealkylation sites (tertiary alicyclic amines) is 2. The van der Waals surface area contributed by atoms with Crippen LogP contribution in [0.15, 0.2) is 48.7 Å².